The molecule has 88 valence electrons. The maximum absolute atomic E-state index is 12.7. The van der Waals surface area contributed by atoms with E-state index < -0.39 is 17.3 Å². The summed E-state index contributed by atoms with van der Waals surface area (Å²) in [5, 5.41) is 10.1. The number of halogens is 3. The van der Waals surface area contributed by atoms with Gasteiger partial charge in [-0.15, -0.1) is 0 Å². The Morgan fingerprint density at radius 3 is 2.31 bits per heavy atom. The van der Waals surface area contributed by atoms with Gasteiger partial charge in [-0.25, -0.2) is 0 Å². The fourth-order valence-electron chi connectivity index (χ4n) is 2.23. The van der Waals surface area contributed by atoms with Crippen LogP contribution in [0.2, 0.25) is 0 Å². The Hall–Kier alpha value is -1.03. The summed E-state index contributed by atoms with van der Waals surface area (Å²) in [6.45, 7) is 1.43. The van der Waals surface area contributed by atoms with E-state index in [1.807, 2.05) is 0 Å². The SMILES string of the molecule is Cc1c(C(F)(F)F)cccc1C1(O)CCC1. The van der Waals surface area contributed by atoms with Gasteiger partial charge in [-0.2, -0.15) is 13.2 Å². The monoisotopic (exact) mass is 230 g/mol. The Bertz CT molecular complexity index is 405. The second-order valence-corrected chi connectivity index (χ2v) is 4.36. The van der Waals surface area contributed by atoms with Crippen molar-refractivity contribution in [2.24, 2.45) is 0 Å². The molecule has 1 aliphatic rings. The van der Waals surface area contributed by atoms with Crippen LogP contribution >= 0.6 is 0 Å². The molecule has 2 rings (SSSR count). The number of rotatable bonds is 1. The Kier molecular flexibility index (Phi) is 2.49. The first-order chi connectivity index (χ1) is 7.34. The number of aliphatic hydroxyl groups is 1. The molecule has 1 aromatic rings. The third kappa shape index (κ3) is 1.71. The lowest BCUT2D eigenvalue weighted by atomic mass is 9.73. The molecule has 0 heterocycles. The summed E-state index contributed by atoms with van der Waals surface area (Å²) in [6, 6.07) is 4.01. The first-order valence-corrected chi connectivity index (χ1v) is 5.24. The van der Waals surface area contributed by atoms with E-state index in [1.54, 1.807) is 6.07 Å². The van der Waals surface area contributed by atoms with Crippen molar-refractivity contribution in [1.82, 2.24) is 0 Å². The summed E-state index contributed by atoms with van der Waals surface area (Å²) in [7, 11) is 0. The summed E-state index contributed by atoms with van der Waals surface area (Å²) in [6.07, 6.45) is -2.38. The van der Waals surface area contributed by atoms with E-state index in [9.17, 15) is 18.3 Å². The quantitative estimate of drug-likeness (QED) is 0.784. The third-order valence-corrected chi connectivity index (χ3v) is 3.32. The van der Waals surface area contributed by atoms with Gasteiger partial charge in [0.05, 0.1) is 11.2 Å². The third-order valence-electron chi connectivity index (χ3n) is 3.32. The molecule has 0 bridgehead atoms. The number of benzene rings is 1. The average molecular weight is 230 g/mol. The van der Waals surface area contributed by atoms with Gasteiger partial charge in [0.1, 0.15) is 0 Å². The van der Waals surface area contributed by atoms with Crippen LogP contribution in [-0.2, 0) is 11.8 Å². The zero-order valence-electron chi connectivity index (χ0n) is 8.93. The smallest absolute Gasteiger partial charge is 0.385 e. The molecule has 0 aromatic heterocycles. The van der Waals surface area contributed by atoms with Gasteiger partial charge in [0.25, 0.3) is 0 Å². The number of hydrogen-bond donors (Lipinski definition) is 1. The lowest BCUT2D eigenvalue weighted by molar-refractivity contribution is -0.138. The number of hydrogen-bond acceptors (Lipinski definition) is 1. The summed E-state index contributed by atoms with van der Waals surface area (Å²) in [4.78, 5) is 0. The van der Waals surface area contributed by atoms with Crippen LogP contribution < -0.4 is 0 Å². The fourth-order valence-corrected chi connectivity index (χ4v) is 2.23. The highest BCUT2D eigenvalue weighted by atomic mass is 19.4. The molecule has 0 unspecified atom stereocenters. The first kappa shape index (κ1) is 11.5. The number of alkyl halides is 3. The van der Waals surface area contributed by atoms with Crippen LogP contribution in [-0.4, -0.2) is 5.11 Å². The Balaban J connectivity index is 2.49. The fraction of sp³-hybridized carbons (Fsp3) is 0.500. The van der Waals surface area contributed by atoms with E-state index in [4.69, 9.17) is 0 Å². The van der Waals surface area contributed by atoms with Crippen LogP contribution in [0.1, 0.15) is 36.0 Å². The largest absolute Gasteiger partial charge is 0.416 e. The van der Waals surface area contributed by atoms with Gasteiger partial charge in [-0.05, 0) is 43.4 Å². The van der Waals surface area contributed by atoms with Crippen molar-refractivity contribution in [3.63, 3.8) is 0 Å². The highest BCUT2D eigenvalue weighted by molar-refractivity contribution is 5.40. The van der Waals surface area contributed by atoms with E-state index in [-0.39, 0.29) is 5.56 Å². The van der Waals surface area contributed by atoms with E-state index in [1.165, 1.54) is 13.0 Å². The Morgan fingerprint density at radius 2 is 1.88 bits per heavy atom. The molecular weight excluding hydrogens is 217 g/mol. The molecule has 0 aliphatic heterocycles. The Morgan fingerprint density at radius 1 is 1.25 bits per heavy atom. The van der Waals surface area contributed by atoms with Crippen LogP contribution in [0.3, 0.4) is 0 Å². The molecule has 0 atom stereocenters. The molecule has 1 aromatic carbocycles. The topological polar surface area (TPSA) is 20.2 Å². The predicted octanol–water partition coefficient (Wildman–Crippen LogP) is 3.39. The minimum atomic E-state index is -4.35. The van der Waals surface area contributed by atoms with Gasteiger partial charge in [0, 0.05) is 0 Å². The highest BCUT2D eigenvalue weighted by Crippen LogP contribution is 2.44. The lowest BCUT2D eigenvalue weighted by Crippen LogP contribution is -2.34. The molecule has 0 saturated heterocycles. The maximum atomic E-state index is 12.7. The molecule has 0 amide bonds. The van der Waals surface area contributed by atoms with Crippen molar-refractivity contribution in [2.75, 3.05) is 0 Å². The summed E-state index contributed by atoms with van der Waals surface area (Å²) < 4.78 is 38.0. The summed E-state index contributed by atoms with van der Waals surface area (Å²) in [5.41, 5.74) is -1.11. The molecule has 1 aliphatic carbocycles. The predicted molar refractivity (Wildman–Crippen MR) is 53.9 cm³/mol. The molecule has 0 radical (unpaired) electrons. The summed E-state index contributed by atoms with van der Waals surface area (Å²) in [5.74, 6) is 0. The standard InChI is InChI=1S/C12H13F3O/c1-8-9(11(16)6-3-7-11)4-2-5-10(8)12(13,14)15/h2,4-5,16H,3,6-7H2,1H3. The van der Waals surface area contributed by atoms with Crippen LogP contribution in [0.4, 0.5) is 13.2 Å². The van der Waals surface area contributed by atoms with Gasteiger partial charge >= 0.3 is 6.18 Å². The lowest BCUT2D eigenvalue weighted by Gasteiger charge is -2.38. The van der Waals surface area contributed by atoms with Crippen molar-refractivity contribution in [3.8, 4) is 0 Å². The molecule has 1 fully saturated rings. The van der Waals surface area contributed by atoms with Gasteiger partial charge in [-0.1, -0.05) is 12.1 Å². The zero-order valence-corrected chi connectivity index (χ0v) is 8.93. The maximum Gasteiger partial charge on any atom is 0.416 e. The van der Waals surface area contributed by atoms with Gasteiger partial charge in [-0.3, -0.25) is 0 Å². The first-order valence-electron chi connectivity index (χ1n) is 5.24. The van der Waals surface area contributed by atoms with Crippen LogP contribution in [0.5, 0.6) is 0 Å². The van der Waals surface area contributed by atoms with E-state index in [0.29, 0.717) is 18.4 Å². The van der Waals surface area contributed by atoms with Crippen LogP contribution in [0, 0.1) is 6.92 Å². The molecular formula is C12H13F3O. The molecule has 1 nitrogen and oxygen atoms in total. The average Bonchev–Trinajstić information content (AvgIpc) is 2.13. The van der Waals surface area contributed by atoms with Crippen LogP contribution in [0.25, 0.3) is 0 Å². The van der Waals surface area contributed by atoms with Gasteiger partial charge in [0.2, 0.25) is 0 Å². The van der Waals surface area contributed by atoms with Crippen LogP contribution in [0.15, 0.2) is 18.2 Å². The second-order valence-electron chi connectivity index (χ2n) is 4.36. The van der Waals surface area contributed by atoms with Crippen molar-refractivity contribution in [2.45, 2.75) is 38.0 Å². The molecule has 4 heteroatoms. The molecule has 1 N–H and O–H groups in total. The van der Waals surface area contributed by atoms with Gasteiger partial charge < -0.3 is 5.11 Å². The second kappa shape index (κ2) is 3.48. The Labute approximate surface area is 91.9 Å². The van der Waals surface area contributed by atoms with Gasteiger partial charge in [0.15, 0.2) is 0 Å². The highest BCUT2D eigenvalue weighted by Gasteiger charge is 2.40. The minimum absolute atomic E-state index is 0.150. The molecule has 0 spiro atoms. The van der Waals surface area contributed by atoms with E-state index >= 15 is 0 Å². The van der Waals surface area contributed by atoms with Crippen molar-refractivity contribution in [1.29, 1.82) is 0 Å². The normalized spacial score (nSPS) is 19.3. The summed E-state index contributed by atoms with van der Waals surface area (Å²) >= 11 is 0. The van der Waals surface area contributed by atoms with Crippen molar-refractivity contribution >= 4 is 0 Å². The van der Waals surface area contributed by atoms with Crippen molar-refractivity contribution < 1.29 is 18.3 Å². The molecule has 16 heavy (non-hydrogen) atoms. The minimum Gasteiger partial charge on any atom is -0.385 e. The van der Waals surface area contributed by atoms with E-state index in [0.717, 1.165) is 12.5 Å². The molecule has 1 saturated carbocycles. The van der Waals surface area contributed by atoms with Crippen molar-refractivity contribution in [3.05, 3.63) is 34.9 Å². The zero-order chi connectivity index (χ0) is 12.0. The van der Waals surface area contributed by atoms with E-state index in [2.05, 4.69) is 0 Å².